The fraction of sp³-hybridized carbons (Fsp3) is 0.869. The molecule has 1 aliphatic heterocycles. The number of benzene rings is 1. The van der Waals surface area contributed by atoms with Crippen LogP contribution in [0.5, 0.6) is 17.2 Å². The molecule has 89 heavy (non-hydrogen) atoms. The normalized spacial score (nSPS) is 18.2. The third-order valence-electron chi connectivity index (χ3n) is 15.7. The van der Waals surface area contributed by atoms with Crippen LogP contribution in [0.3, 0.4) is 0 Å². The van der Waals surface area contributed by atoms with Gasteiger partial charge in [-0.05, 0) is 12.8 Å². The fourth-order valence-corrected chi connectivity index (χ4v) is 12.9. The van der Waals surface area contributed by atoms with Crippen LogP contribution < -0.4 is 19.5 Å². The number of carboxylic acid groups (broad SMARTS) is 1. The van der Waals surface area contributed by atoms with Crippen LogP contribution in [0.1, 0.15) is 284 Å². The maximum atomic E-state index is 13.6. The zero-order chi connectivity index (χ0) is 65.9. The molecule has 1 aromatic carbocycles. The van der Waals surface area contributed by atoms with Gasteiger partial charge in [0.15, 0.2) is 0 Å². The summed E-state index contributed by atoms with van der Waals surface area (Å²) in [6.07, 6.45) is 35.8. The van der Waals surface area contributed by atoms with Gasteiger partial charge in [-0.2, -0.15) is 33.7 Å². The molecule has 0 unspecified atom stereocenters. The first kappa shape index (κ1) is 82.1. The fourth-order valence-electron chi connectivity index (χ4n) is 11.1. The Kier molecular flexibility index (Phi) is 43.3. The second-order valence-electron chi connectivity index (χ2n) is 23.8. The first-order chi connectivity index (χ1) is 42.3. The molecule has 1 aromatic rings. The van der Waals surface area contributed by atoms with Gasteiger partial charge >= 0.3 is 53.4 Å². The number of carbonyl (C=O) groups is 2. The van der Waals surface area contributed by atoms with Gasteiger partial charge in [0.1, 0.15) is 41.7 Å². The van der Waals surface area contributed by atoms with Crippen LogP contribution in [0.4, 0.5) is 0 Å². The van der Waals surface area contributed by atoms with E-state index in [0.29, 0.717) is 12.8 Å². The molecule has 1 saturated heterocycles. The summed E-state index contributed by atoms with van der Waals surface area (Å²) in [6.45, 7) is 3.85. The van der Waals surface area contributed by atoms with Crippen molar-refractivity contribution in [3.8, 4) is 17.2 Å². The number of rotatable bonds is 59. The standard InChI is InChI=1S/C61H111NO23S4/c1-4-6-8-10-12-14-16-18-20-22-24-26-28-30-32-34-36-38-40-42-44-78-52-46-53(79-45-43-41-39-37-35-33-31-29-27-25-23-21-19-17-15-13-11-9-7-5-2)48-54(47-52)81-61(60(64)65)49-55(83-87(69,70)71)57(62-51(3)63)59(82-61)58(85-89(75,76)77)56(84-88(72,73)74)50-80-86(66,67)68/h46-48,55-59H,4-45,49-50H2,1-3H3,(H,62,63)(H,64,65)(H,66,67,68)(H,69,70,71)(H,72,73,74)(H,75,76,77)/t55-,56+,57+,58+,59+,61+/m0/s1. The molecule has 2 rings (SSSR count). The first-order valence-electron chi connectivity index (χ1n) is 33.1. The number of hydrogen-bond acceptors (Lipinski definition) is 18. The van der Waals surface area contributed by atoms with E-state index in [-0.39, 0.29) is 24.7 Å². The molecule has 24 nitrogen and oxygen atoms in total. The van der Waals surface area contributed by atoms with Gasteiger partial charge in [0.2, 0.25) is 5.91 Å². The molecule has 1 heterocycles. The minimum atomic E-state index is -5.96. The lowest BCUT2D eigenvalue weighted by atomic mass is 9.88. The third kappa shape index (κ3) is 42.8. The molecule has 0 saturated carbocycles. The number of nitrogens with one attached hydrogen (secondary N) is 1. The summed E-state index contributed by atoms with van der Waals surface area (Å²) in [5.74, 6) is -6.85. The first-order valence-corrected chi connectivity index (χ1v) is 38.6. The zero-order valence-electron chi connectivity index (χ0n) is 53.4. The second kappa shape index (κ2) is 47.0. The lowest BCUT2D eigenvalue weighted by Gasteiger charge is -2.47. The molecule has 6 N–H and O–H groups in total. The Hall–Kier alpha value is -3.00. The number of carbonyl (C=O) groups excluding carboxylic acids is 1. The molecule has 28 heteroatoms. The molecular formula is C61H111NO23S4. The highest BCUT2D eigenvalue weighted by Gasteiger charge is 2.60. The van der Waals surface area contributed by atoms with Crippen molar-refractivity contribution in [3.63, 3.8) is 0 Å². The second-order valence-corrected chi connectivity index (χ2v) is 28.0. The van der Waals surface area contributed by atoms with Crippen molar-refractivity contribution in [2.45, 2.75) is 320 Å². The molecule has 1 aliphatic rings. The SMILES string of the molecule is CCCCCCCCCCCCCCCCCCCCCCOc1cc(OCCCCCCCCCCCCCCCCCCCCCC)cc(O[C@]2(C(=O)O)C[C@H](OS(=O)(=O)O)[C@@H](NC(C)=O)[C@H]([C@H](OS(=O)(=O)O)[C@@H](COS(=O)(=O)O)OS(=O)(=O)O)O2)c1. The van der Waals surface area contributed by atoms with E-state index in [0.717, 1.165) is 71.1 Å². The molecule has 6 atom stereocenters. The molecule has 0 aliphatic carbocycles. The van der Waals surface area contributed by atoms with Crippen LogP contribution >= 0.6 is 0 Å². The van der Waals surface area contributed by atoms with Crippen molar-refractivity contribution in [3.05, 3.63) is 18.2 Å². The van der Waals surface area contributed by atoms with Crippen LogP contribution in [0.2, 0.25) is 0 Å². The molecule has 0 spiro atoms. The van der Waals surface area contributed by atoms with Crippen LogP contribution in [0.15, 0.2) is 18.2 Å². The minimum Gasteiger partial charge on any atom is -0.493 e. The van der Waals surface area contributed by atoms with E-state index in [1.165, 1.54) is 198 Å². The number of hydrogen-bond donors (Lipinski definition) is 6. The summed E-state index contributed by atoms with van der Waals surface area (Å²) in [4.78, 5) is 26.2. The maximum absolute atomic E-state index is 13.6. The predicted molar refractivity (Wildman–Crippen MR) is 338 cm³/mol. The van der Waals surface area contributed by atoms with Crippen molar-refractivity contribution in [1.82, 2.24) is 5.32 Å². The molecule has 0 radical (unpaired) electrons. The molecule has 1 fully saturated rings. The largest absolute Gasteiger partial charge is 0.493 e. The number of amides is 1. The summed E-state index contributed by atoms with van der Waals surface area (Å²) < 4.78 is 178. The quantitative estimate of drug-likeness (QED) is 0.0261. The van der Waals surface area contributed by atoms with E-state index in [2.05, 4.69) is 31.7 Å². The minimum absolute atomic E-state index is 0.102. The third-order valence-corrected chi connectivity index (χ3v) is 17.6. The number of aliphatic carboxylic acids is 1. The molecular weight excluding hydrogens is 1240 g/mol. The van der Waals surface area contributed by atoms with Crippen LogP contribution in [0.25, 0.3) is 0 Å². The van der Waals surface area contributed by atoms with Gasteiger partial charge in [0, 0.05) is 25.1 Å². The number of unbranched alkanes of at least 4 members (excludes halogenated alkanes) is 38. The average Bonchev–Trinajstić information content (AvgIpc) is 1.37. The van der Waals surface area contributed by atoms with E-state index >= 15 is 0 Å². The Labute approximate surface area is 533 Å². The monoisotopic (exact) mass is 1350 g/mol. The van der Waals surface area contributed by atoms with Gasteiger partial charge in [-0.25, -0.2) is 21.5 Å². The van der Waals surface area contributed by atoms with Gasteiger partial charge in [-0.15, -0.1) is 0 Å². The van der Waals surface area contributed by atoms with Crippen molar-refractivity contribution < 1.29 is 102 Å². The zero-order valence-corrected chi connectivity index (χ0v) is 56.7. The van der Waals surface area contributed by atoms with Crippen LogP contribution in [-0.4, -0.2) is 125 Å². The van der Waals surface area contributed by atoms with Crippen molar-refractivity contribution in [2.24, 2.45) is 0 Å². The molecule has 522 valence electrons. The average molecular weight is 1350 g/mol. The van der Waals surface area contributed by atoms with E-state index < -0.39 is 108 Å². The smallest absolute Gasteiger partial charge is 0.397 e. The Morgan fingerprint density at radius 3 is 1.11 bits per heavy atom. The van der Waals surface area contributed by atoms with Crippen LogP contribution in [-0.2, 0) is 72.7 Å². The number of ether oxygens (including phenoxy) is 4. The summed E-state index contributed by atoms with van der Waals surface area (Å²) in [5.41, 5.74) is 0. The van der Waals surface area contributed by atoms with Crippen molar-refractivity contribution >= 4 is 53.5 Å². The van der Waals surface area contributed by atoms with Gasteiger partial charge in [-0.3, -0.25) is 23.0 Å². The number of carboxylic acids is 1. The van der Waals surface area contributed by atoms with Crippen molar-refractivity contribution in [2.75, 3.05) is 19.8 Å². The Bertz CT molecular complexity index is 2440. The van der Waals surface area contributed by atoms with E-state index in [1.54, 1.807) is 0 Å². The lowest BCUT2D eigenvalue weighted by molar-refractivity contribution is -0.279. The van der Waals surface area contributed by atoms with Gasteiger partial charge < -0.3 is 29.4 Å². The molecule has 0 aromatic heterocycles. The van der Waals surface area contributed by atoms with Crippen molar-refractivity contribution in [1.29, 1.82) is 0 Å². The van der Waals surface area contributed by atoms with Gasteiger partial charge in [0.05, 0.1) is 32.3 Å². The highest BCUT2D eigenvalue weighted by Crippen LogP contribution is 2.40. The van der Waals surface area contributed by atoms with E-state index in [9.17, 15) is 66.6 Å². The van der Waals surface area contributed by atoms with E-state index in [1.807, 2.05) is 0 Å². The topological polar surface area (TPSA) is 358 Å². The van der Waals surface area contributed by atoms with Gasteiger partial charge in [0.25, 0.3) is 0 Å². The van der Waals surface area contributed by atoms with Gasteiger partial charge in [-0.1, -0.05) is 258 Å². The summed E-state index contributed by atoms with van der Waals surface area (Å²) in [6, 6.07) is 1.67. The Morgan fingerprint density at radius 1 is 0.494 bits per heavy atom. The highest BCUT2D eigenvalue weighted by atomic mass is 32.3. The summed E-state index contributed by atoms with van der Waals surface area (Å²) >= 11 is 0. The molecule has 0 bridgehead atoms. The lowest BCUT2D eigenvalue weighted by Crippen LogP contribution is -2.70. The van der Waals surface area contributed by atoms with E-state index in [4.69, 9.17) is 23.1 Å². The van der Waals surface area contributed by atoms with Crippen LogP contribution in [0, 0.1) is 0 Å². The Balaban J connectivity index is 2.23. The highest BCUT2D eigenvalue weighted by molar-refractivity contribution is 7.81. The maximum Gasteiger partial charge on any atom is 0.397 e. The summed E-state index contributed by atoms with van der Waals surface area (Å²) in [7, 11) is -23.1. The summed E-state index contributed by atoms with van der Waals surface area (Å²) in [5, 5.41) is 13.0. The molecule has 1 amide bonds. The Morgan fingerprint density at radius 2 is 0.820 bits per heavy atom. The predicted octanol–water partition coefficient (Wildman–Crippen LogP) is 13.9.